The number of benzene rings is 1. The molecule has 0 atom stereocenters. The molecule has 9 nitrogen and oxygen atoms in total. The number of nitrogens with two attached hydrogens (primary N) is 2. The van der Waals surface area contributed by atoms with Crippen LogP contribution in [0, 0.1) is 11.2 Å². The van der Waals surface area contributed by atoms with Crippen molar-refractivity contribution in [1.82, 2.24) is 14.9 Å². The number of hydrogen-bond donors (Lipinski definition) is 3. The zero-order chi connectivity index (χ0) is 23.8. The van der Waals surface area contributed by atoms with Gasteiger partial charge in [-0.05, 0) is 45.7 Å². The molecule has 1 aliphatic rings. The summed E-state index contributed by atoms with van der Waals surface area (Å²) in [5, 5.41) is 0. The van der Waals surface area contributed by atoms with Gasteiger partial charge in [-0.3, -0.25) is 4.79 Å². The molecule has 0 spiro atoms. The van der Waals surface area contributed by atoms with E-state index in [-0.39, 0.29) is 23.1 Å². The first-order valence-corrected chi connectivity index (χ1v) is 10.4. The van der Waals surface area contributed by atoms with Gasteiger partial charge in [-0.2, -0.15) is 0 Å². The van der Waals surface area contributed by atoms with Gasteiger partial charge in [0.1, 0.15) is 22.8 Å². The molecule has 174 valence electrons. The van der Waals surface area contributed by atoms with Gasteiger partial charge in [0.15, 0.2) is 5.88 Å². The van der Waals surface area contributed by atoms with Gasteiger partial charge in [0, 0.05) is 18.5 Å². The van der Waals surface area contributed by atoms with E-state index in [0.717, 1.165) is 6.07 Å². The fraction of sp³-hybridized carbons (Fsp3) is 0.500. The zero-order valence-corrected chi connectivity index (χ0v) is 19.0. The number of H-pyrrole nitrogens is 1. The summed E-state index contributed by atoms with van der Waals surface area (Å²) in [7, 11) is 1.45. The average Bonchev–Trinajstić information content (AvgIpc) is 3.08. The summed E-state index contributed by atoms with van der Waals surface area (Å²) in [5.74, 6) is -0.877. The van der Waals surface area contributed by atoms with Gasteiger partial charge >= 0.3 is 6.09 Å². The van der Waals surface area contributed by atoms with Crippen LogP contribution < -0.4 is 11.5 Å². The highest BCUT2D eigenvalue weighted by atomic mass is 19.1. The van der Waals surface area contributed by atoms with Crippen molar-refractivity contribution < 1.29 is 23.5 Å². The topological polar surface area (TPSA) is 137 Å². The van der Waals surface area contributed by atoms with E-state index >= 15 is 0 Å². The minimum Gasteiger partial charge on any atom is -0.482 e. The fourth-order valence-corrected chi connectivity index (χ4v) is 3.95. The highest BCUT2D eigenvalue weighted by Gasteiger charge is 2.40. The van der Waals surface area contributed by atoms with Crippen molar-refractivity contribution in [3.8, 4) is 0 Å². The van der Waals surface area contributed by atoms with Crippen molar-refractivity contribution in [1.29, 1.82) is 0 Å². The van der Waals surface area contributed by atoms with Gasteiger partial charge < -0.3 is 30.8 Å². The van der Waals surface area contributed by atoms with Crippen LogP contribution in [0.5, 0.6) is 0 Å². The lowest BCUT2D eigenvalue weighted by molar-refractivity contribution is 0.0159. The normalized spacial score (nSPS) is 17.1. The maximum Gasteiger partial charge on any atom is 0.410 e. The molecule has 1 aromatic heterocycles. The molecular formula is C22H30FN5O4. The van der Waals surface area contributed by atoms with Crippen molar-refractivity contribution in [3.05, 3.63) is 35.2 Å². The standard InChI is InChI=1S/C22H30FN5O4/c1-21(2,3)32-20(30)28-8-6-22(4,7-9-28)15(18(25)31-5)19-26-14-11-12(23)10-13(17(24)29)16(14)27-19/h10-11H,6-9,25H2,1-5H3,(H2,24,29)(H,26,27). The summed E-state index contributed by atoms with van der Waals surface area (Å²) < 4.78 is 24.8. The third-order valence-corrected chi connectivity index (χ3v) is 5.64. The Bertz CT molecular complexity index is 1080. The number of carbonyl (C=O) groups excluding carboxylic acids is 2. The second-order valence-corrected chi connectivity index (χ2v) is 9.27. The number of halogens is 1. The first kappa shape index (κ1) is 23.4. The highest BCUT2D eigenvalue weighted by molar-refractivity contribution is 6.04. The minimum atomic E-state index is -0.783. The van der Waals surface area contributed by atoms with Crippen LogP contribution in [0.25, 0.3) is 16.6 Å². The third-order valence-electron chi connectivity index (χ3n) is 5.64. The maximum atomic E-state index is 14.0. The molecular weight excluding hydrogens is 417 g/mol. The second kappa shape index (κ2) is 8.33. The quantitative estimate of drug-likeness (QED) is 0.616. The molecule has 2 aromatic rings. The molecule has 2 heterocycles. The Labute approximate surface area is 185 Å². The predicted octanol–water partition coefficient (Wildman–Crippen LogP) is 3.11. The van der Waals surface area contributed by atoms with Crippen LogP contribution in [0.3, 0.4) is 0 Å². The smallest absolute Gasteiger partial charge is 0.410 e. The number of carbonyl (C=O) groups is 2. The van der Waals surface area contributed by atoms with E-state index in [1.807, 2.05) is 27.7 Å². The zero-order valence-electron chi connectivity index (χ0n) is 19.0. The van der Waals surface area contributed by atoms with Crippen LogP contribution in [-0.2, 0) is 9.47 Å². The van der Waals surface area contributed by atoms with Gasteiger partial charge in [-0.25, -0.2) is 14.2 Å². The Balaban J connectivity index is 1.96. The number of primary amides is 1. The molecule has 1 aliphatic heterocycles. The van der Waals surface area contributed by atoms with Crippen LogP contribution in [0.15, 0.2) is 18.0 Å². The third kappa shape index (κ3) is 4.63. The summed E-state index contributed by atoms with van der Waals surface area (Å²) >= 11 is 0. The van der Waals surface area contributed by atoms with Crippen molar-refractivity contribution in [2.75, 3.05) is 20.2 Å². The number of nitrogens with zero attached hydrogens (tertiary/aromatic N) is 2. The predicted molar refractivity (Wildman–Crippen MR) is 118 cm³/mol. The van der Waals surface area contributed by atoms with E-state index in [9.17, 15) is 14.0 Å². The number of likely N-dealkylation sites (tertiary alicyclic amines) is 1. The molecule has 2 amide bonds. The van der Waals surface area contributed by atoms with Crippen molar-refractivity contribution in [2.45, 2.75) is 46.1 Å². The van der Waals surface area contributed by atoms with Gasteiger partial charge in [0.2, 0.25) is 0 Å². The Morgan fingerprint density at radius 2 is 1.84 bits per heavy atom. The number of aromatic amines is 1. The van der Waals surface area contributed by atoms with Crippen LogP contribution in [0.1, 0.15) is 56.7 Å². The van der Waals surface area contributed by atoms with E-state index < -0.39 is 22.7 Å². The fourth-order valence-electron chi connectivity index (χ4n) is 3.95. The molecule has 1 saturated heterocycles. The summed E-state index contributed by atoms with van der Waals surface area (Å²) in [5.41, 5.74) is 11.7. The lowest BCUT2D eigenvalue weighted by atomic mass is 9.73. The van der Waals surface area contributed by atoms with Crippen molar-refractivity contribution in [2.24, 2.45) is 16.9 Å². The Kier molecular flexibility index (Phi) is 6.08. The van der Waals surface area contributed by atoms with Crippen LogP contribution >= 0.6 is 0 Å². The van der Waals surface area contributed by atoms with Gasteiger partial charge in [-0.15, -0.1) is 0 Å². The summed E-state index contributed by atoms with van der Waals surface area (Å²) in [4.78, 5) is 33.5. The Hall–Kier alpha value is -3.30. The van der Waals surface area contributed by atoms with Crippen LogP contribution in [0.2, 0.25) is 0 Å². The number of allylic oxidation sites excluding steroid dienone is 1. The van der Waals surface area contributed by atoms with E-state index in [1.165, 1.54) is 13.2 Å². The number of nitrogens with one attached hydrogen (secondary N) is 1. The molecule has 10 heteroatoms. The molecule has 32 heavy (non-hydrogen) atoms. The minimum absolute atomic E-state index is 0.0252. The number of piperidine rings is 1. The number of ether oxygens (including phenoxy) is 2. The van der Waals surface area contributed by atoms with Crippen LogP contribution in [-0.4, -0.2) is 52.7 Å². The summed E-state index contributed by atoms with van der Waals surface area (Å²) in [6.45, 7) is 8.38. The number of methoxy groups -OCH3 is 1. The number of hydrogen-bond acceptors (Lipinski definition) is 6. The maximum absolute atomic E-state index is 14.0. The molecule has 0 radical (unpaired) electrons. The van der Waals surface area contributed by atoms with E-state index in [1.54, 1.807) is 4.90 Å². The molecule has 1 aromatic carbocycles. The van der Waals surface area contributed by atoms with E-state index in [2.05, 4.69) is 9.97 Å². The van der Waals surface area contributed by atoms with Gasteiger partial charge in [0.25, 0.3) is 5.91 Å². The lowest BCUT2D eigenvalue weighted by Gasteiger charge is -2.40. The molecule has 0 bridgehead atoms. The van der Waals surface area contributed by atoms with Crippen molar-refractivity contribution in [3.63, 3.8) is 0 Å². The molecule has 5 N–H and O–H groups in total. The van der Waals surface area contributed by atoms with E-state index in [0.29, 0.717) is 42.8 Å². The largest absolute Gasteiger partial charge is 0.482 e. The van der Waals surface area contributed by atoms with Crippen LogP contribution in [0.4, 0.5) is 9.18 Å². The number of imidazole rings is 1. The summed E-state index contributed by atoms with van der Waals surface area (Å²) in [6.07, 6.45) is 0.773. The summed E-state index contributed by atoms with van der Waals surface area (Å²) in [6, 6.07) is 2.30. The number of aromatic nitrogens is 2. The van der Waals surface area contributed by atoms with Crippen molar-refractivity contribution >= 4 is 28.6 Å². The molecule has 3 rings (SSSR count). The lowest BCUT2D eigenvalue weighted by Crippen LogP contribution is -2.45. The van der Waals surface area contributed by atoms with Gasteiger partial charge in [-0.1, -0.05) is 6.92 Å². The number of amides is 2. The molecule has 0 saturated carbocycles. The Morgan fingerprint density at radius 3 is 2.38 bits per heavy atom. The molecule has 0 unspecified atom stereocenters. The molecule has 0 aliphatic carbocycles. The SMILES string of the molecule is COC(N)=C(c1nc2c(C(N)=O)cc(F)cc2[nH]1)C1(C)CCN(C(=O)OC(C)(C)C)CC1. The highest BCUT2D eigenvalue weighted by Crippen LogP contribution is 2.44. The average molecular weight is 448 g/mol. The second-order valence-electron chi connectivity index (χ2n) is 9.27. The number of rotatable bonds is 4. The van der Waals surface area contributed by atoms with E-state index in [4.69, 9.17) is 20.9 Å². The molecule has 1 fully saturated rings. The number of fused-ring (bicyclic) bond motifs is 1. The monoisotopic (exact) mass is 447 g/mol. The Morgan fingerprint density at radius 1 is 1.22 bits per heavy atom. The first-order chi connectivity index (χ1) is 14.8. The van der Waals surface area contributed by atoms with Gasteiger partial charge in [0.05, 0.1) is 23.8 Å². The first-order valence-electron chi connectivity index (χ1n) is 10.4.